The number of halogens is 1. The quantitative estimate of drug-likeness (QED) is 0.377. The van der Waals surface area contributed by atoms with Crippen LogP contribution in [-0.4, -0.2) is 31.5 Å². The van der Waals surface area contributed by atoms with E-state index in [1.807, 2.05) is 31.2 Å². The summed E-state index contributed by atoms with van der Waals surface area (Å²) in [6.07, 6.45) is 5.61. The number of carbonyl (C=O) groups is 1. The first-order valence-corrected chi connectivity index (χ1v) is 9.59. The molecule has 0 heterocycles. The first kappa shape index (κ1) is 19.6. The average molecular weight is 365 g/mol. The van der Waals surface area contributed by atoms with Crippen molar-refractivity contribution in [1.82, 2.24) is 16.0 Å². The number of rotatable bonds is 8. The van der Waals surface area contributed by atoms with E-state index in [9.17, 15) is 4.79 Å². The predicted octanol–water partition coefficient (Wildman–Crippen LogP) is 3.09. The molecule has 0 spiro atoms. The van der Waals surface area contributed by atoms with Crippen LogP contribution in [0.4, 0.5) is 0 Å². The zero-order chi connectivity index (χ0) is 17.9. The van der Waals surface area contributed by atoms with Crippen LogP contribution in [0, 0.1) is 5.92 Å². The van der Waals surface area contributed by atoms with Crippen LogP contribution in [-0.2, 0) is 11.3 Å². The molecule has 0 radical (unpaired) electrons. The van der Waals surface area contributed by atoms with Gasteiger partial charge in [-0.3, -0.25) is 4.79 Å². The summed E-state index contributed by atoms with van der Waals surface area (Å²) in [5.74, 6) is 1.47. The molecule has 1 saturated carbocycles. The van der Waals surface area contributed by atoms with Crippen LogP contribution in [0.1, 0.15) is 44.6 Å². The van der Waals surface area contributed by atoms with Gasteiger partial charge in [0.15, 0.2) is 5.96 Å². The van der Waals surface area contributed by atoms with E-state index in [-0.39, 0.29) is 5.91 Å². The molecule has 2 rings (SSSR count). The smallest absolute Gasteiger partial charge is 0.220 e. The van der Waals surface area contributed by atoms with Gasteiger partial charge in [0.2, 0.25) is 5.91 Å². The molecule has 138 valence electrons. The monoisotopic (exact) mass is 364 g/mol. The highest BCUT2D eigenvalue weighted by Crippen LogP contribution is 2.27. The van der Waals surface area contributed by atoms with Gasteiger partial charge in [-0.15, -0.1) is 0 Å². The Bertz CT molecular complexity index is 570. The topological polar surface area (TPSA) is 65.5 Å². The van der Waals surface area contributed by atoms with Crippen molar-refractivity contribution in [3.63, 3.8) is 0 Å². The van der Waals surface area contributed by atoms with Gasteiger partial charge in [0.1, 0.15) is 0 Å². The van der Waals surface area contributed by atoms with Crippen LogP contribution < -0.4 is 16.0 Å². The average Bonchev–Trinajstić information content (AvgIpc) is 3.10. The Hall–Kier alpha value is -1.75. The fourth-order valence-electron chi connectivity index (χ4n) is 3.06. The van der Waals surface area contributed by atoms with Gasteiger partial charge in [0.25, 0.3) is 0 Å². The predicted molar refractivity (Wildman–Crippen MR) is 104 cm³/mol. The lowest BCUT2D eigenvalue weighted by Crippen LogP contribution is -2.41. The van der Waals surface area contributed by atoms with Crippen molar-refractivity contribution in [2.45, 2.75) is 45.6 Å². The SMILES string of the molecule is CCNC(=NCc1ccccc1Cl)NCCNC(=O)CC1CCCC1. The molecule has 0 aromatic heterocycles. The van der Waals surface area contributed by atoms with Gasteiger partial charge in [-0.05, 0) is 37.3 Å². The summed E-state index contributed by atoms with van der Waals surface area (Å²) in [6, 6.07) is 7.70. The first-order valence-electron chi connectivity index (χ1n) is 9.21. The molecule has 0 saturated heterocycles. The fraction of sp³-hybridized carbons (Fsp3) is 0.579. The van der Waals surface area contributed by atoms with E-state index in [1.54, 1.807) is 0 Å². The lowest BCUT2D eigenvalue weighted by atomic mass is 10.0. The molecule has 1 aliphatic rings. The molecule has 6 heteroatoms. The number of nitrogens with one attached hydrogen (secondary N) is 3. The maximum Gasteiger partial charge on any atom is 0.220 e. The number of carbonyl (C=O) groups excluding carboxylic acids is 1. The molecule has 1 amide bonds. The minimum absolute atomic E-state index is 0.159. The molecule has 0 bridgehead atoms. The van der Waals surface area contributed by atoms with Crippen LogP contribution in [0.15, 0.2) is 29.3 Å². The van der Waals surface area contributed by atoms with Crippen LogP contribution in [0.3, 0.4) is 0 Å². The van der Waals surface area contributed by atoms with Crippen molar-refractivity contribution in [2.24, 2.45) is 10.9 Å². The van der Waals surface area contributed by atoms with Crippen molar-refractivity contribution in [3.8, 4) is 0 Å². The van der Waals surface area contributed by atoms with Gasteiger partial charge in [-0.25, -0.2) is 4.99 Å². The highest BCUT2D eigenvalue weighted by Gasteiger charge is 2.17. The van der Waals surface area contributed by atoms with Gasteiger partial charge in [-0.2, -0.15) is 0 Å². The van der Waals surface area contributed by atoms with E-state index >= 15 is 0 Å². The third-order valence-electron chi connectivity index (χ3n) is 4.40. The molecule has 1 aliphatic carbocycles. The van der Waals surface area contributed by atoms with E-state index < -0.39 is 0 Å². The summed E-state index contributed by atoms with van der Waals surface area (Å²) in [5, 5.41) is 10.2. The first-order chi connectivity index (χ1) is 12.2. The maximum absolute atomic E-state index is 11.9. The van der Waals surface area contributed by atoms with E-state index in [0.717, 1.165) is 23.1 Å². The molecular formula is C19H29ClN4O. The van der Waals surface area contributed by atoms with Crippen molar-refractivity contribution >= 4 is 23.5 Å². The number of hydrogen-bond acceptors (Lipinski definition) is 2. The minimum atomic E-state index is 0.159. The molecule has 0 atom stereocenters. The van der Waals surface area contributed by atoms with Crippen LogP contribution in [0.25, 0.3) is 0 Å². The molecule has 0 unspecified atom stereocenters. The van der Waals surface area contributed by atoms with Gasteiger partial charge in [-0.1, -0.05) is 42.6 Å². The van der Waals surface area contributed by atoms with E-state index in [0.29, 0.717) is 32.0 Å². The lowest BCUT2D eigenvalue weighted by molar-refractivity contribution is -0.121. The summed E-state index contributed by atoms with van der Waals surface area (Å²) in [7, 11) is 0. The second kappa shape index (κ2) is 11.0. The zero-order valence-electron chi connectivity index (χ0n) is 15.0. The Morgan fingerprint density at radius 3 is 2.60 bits per heavy atom. The van der Waals surface area contributed by atoms with E-state index in [4.69, 9.17) is 11.6 Å². The number of nitrogens with zero attached hydrogens (tertiary/aromatic N) is 1. The number of amides is 1. The van der Waals surface area contributed by atoms with Gasteiger partial charge < -0.3 is 16.0 Å². The molecule has 1 fully saturated rings. The maximum atomic E-state index is 11.9. The number of hydrogen-bond donors (Lipinski definition) is 3. The van der Waals surface area contributed by atoms with E-state index in [1.165, 1.54) is 25.7 Å². The molecule has 1 aromatic carbocycles. The Morgan fingerprint density at radius 2 is 1.88 bits per heavy atom. The van der Waals surface area contributed by atoms with E-state index in [2.05, 4.69) is 20.9 Å². The Labute approximate surface area is 155 Å². The third kappa shape index (κ3) is 7.34. The van der Waals surface area contributed by atoms with Crippen LogP contribution in [0.5, 0.6) is 0 Å². The largest absolute Gasteiger partial charge is 0.357 e. The highest BCUT2D eigenvalue weighted by atomic mass is 35.5. The molecule has 5 nitrogen and oxygen atoms in total. The molecule has 25 heavy (non-hydrogen) atoms. The number of guanidine groups is 1. The second-order valence-corrected chi connectivity index (χ2v) is 6.83. The van der Waals surface area contributed by atoms with Gasteiger partial charge in [0, 0.05) is 31.1 Å². The number of benzene rings is 1. The zero-order valence-corrected chi connectivity index (χ0v) is 15.7. The summed E-state index contributed by atoms with van der Waals surface area (Å²) in [4.78, 5) is 16.5. The van der Waals surface area contributed by atoms with Gasteiger partial charge >= 0.3 is 0 Å². The normalized spacial score (nSPS) is 15.2. The molecular weight excluding hydrogens is 336 g/mol. The Morgan fingerprint density at radius 1 is 1.16 bits per heavy atom. The Balaban J connectivity index is 1.70. The lowest BCUT2D eigenvalue weighted by Gasteiger charge is -2.13. The highest BCUT2D eigenvalue weighted by molar-refractivity contribution is 6.31. The van der Waals surface area contributed by atoms with Crippen molar-refractivity contribution in [1.29, 1.82) is 0 Å². The second-order valence-electron chi connectivity index (χ2n) is 6.42. The third-order valence-corrected chi connectivity index (χ3v) is 4.77. The fourth-order valence-corrected chi connectivity index (χ4v) is 3.26. The molecule has 0 aliphatic heterocycles. The van der Waals surface area contributed by atoms with Crippen molar-refractivity contribution in [3.05, 3.63) is 34.9 Å². The standard InChI is InChI=1S/C19H29ClN4O/c1-2-21-19(24-14-16-9-5-6-10-17(16)20)23-12-11-22-18(25)13-15-7-3-4-8-15/h5-6,9-10,15H,2-4,7-8,11-14H2,1H3,(H,22,25)(H2,21,23,24). The molecule has 3 N–H and O–H groups in total. The van der Waals surface area contributed by atoms with Crippen molar-refractivity contribution < 1.29 is 4.79 Å². The van der Waals surface area contributed by atoms with Gasteiger partial charge in [0.05, 0.1) is 6.54 Å². The number of aliphatic imine (C=N–C) groups is 1. The summed E-state index contributed by atoms with van der Waals surface area (Å²) < 4.78 is 0. The Kier molecular flexibility index (Phi) is 8.60. The summed E-state index contributed by atoms with van der Waals surface area (Å²) in [6.45, 7) is 4.56. The summed E-state index contributed by atoms with van der Waals surface area (Å²) >= 11 is 6.16. The summed E-state index contributed by atoms with van der Waals surface area (Å²) in [5.41, 5.74) is 0.992. The van der Waals surface area contributed by atoms with Crippen LogP contribution in [0.2, 0.25) is 5.02 Å². The van der Waals surface area contributed by atoms with Crippen LogP contribution >= 0.6 is 11.6 Å². The minimum Gasteiger partial charge on any atom is -0.357 e. The molecule has 1 aromatic rings. The van der Waals surface area contributed by atoms with Crippen molar-refractivity contribution in [2.75, 3.05) is 19.6 Å².